The van der Waals surface area contributed by atoms with Crippen LogP contribution in [0.3, 0.4) is 0 Å². The molecule has 0 atom stereocenters. The van der Waals surface area contributed by atoms with Crippen molar-refractivity contribution in [3.63, 3.8) is 0 Å². The molecule has 1 aromatic carbocycles. The monoisotopic (exact) mass is 411 g/mol. The van der Waals surface area contributed by atoms with Crippen molar-refractivity contribution in [2.75, 3.05) is 61.1 Å². The third kappa shape index (κ3) is 3.72. The molecule has 8 nitrogen and oxygen atoms in total. The van der Waals surface area contributed by atoms with E-state index < -0.39 is 0 Å². The van der Waals surface area contributed by atoms with E-state index >= 15 is 0 Å². The van der Waals surface area contributed by atoms with Crippen molar-refractivity contribution in [2.24, 2.45) is 0 Å². The Hall–Kier alpha value is -2.52. The van der Waals surface area contributed by atoms with Crippen molar-refractivity contribution in [2.45, 2.75) is 19.4 Å². The lowest BCUT2D eigenvalue weighted by Crippen LogP contribution is -2.46. The van der Waals surface area contributed by atoms with E-state index in [1.54, 1.807) is 24.8 Å². The highest BCUT2D eigenvalue weighted by atomic mass is 32.1. The van der Waals surface area contributed by atoms with E-state index in [0.29, 0.717) is 6.61 Å². The molecule has 29 heavy (non-hydrogen) atoms. The van der Waals surface area contributed by atoms with Crippen LogP contribution in [0.15, 0.2) is 24.5 Å². The van der Waals surface area contributed by atoms with Gasteiger partial charge in [0.15, 0.2) is 0 Å². The summed E-state index contributed by atoms with van der Waals surface area (Å²) in [6.45, 7) is 6.47. The van der Waals surface area contributed by atoms with E-state index in [9.17, 15) is 0 Å². The van der Waals surface area contributed by atoms with Gasteiger partial charge in [-0.3, -0.25) is 0 Å². The molecule has 2 aromatic heterocycles. The van der Waals surface area contributed by atoms with Crippen molar-refractivity contribution in [1.82, 2.24) is 20.2 Å². The van der Waals surface area contributed by atoms with Gasteiger partial charge < -0.3 is 19.4 Å². The first-order valence-corrected chi connectivity index (χ1v) is 10.9. The number of ether oxygens (including phenoxy) is 1. The zero-order valence-electron chi connectivity index (χ0n) is 16.6. The Kier molecular flexibility index (Phi) is 5.15. The van der Waals surface area contributed by atoms with E-state index in [-0.39, 0.29) is 0 Å². The average molecular weight is 412 g/mol. The topological polar surface area (TPSA) is 70.5 Å². The van der Waals surface area contributed by atoms with Crippen LogP contribution in [0.4, 0.5) is 16.6 Å². The quantitative estimate of drug-likeness (QED) is 0.634. The number of rotatable bonds is 5. The molecular formula is C20H25N7OS. The first kappa shape index (κ1) is 18.5. The Labute approximate surface area is 174 Å². The van der Waals surface area contributed by atoms with Gasteiger partial charge in [0.2, 0.25) is 5.13 Å². The van der Waals surface area contributed by atoms with Gasteiger partial charge in [-0.1, -0.05) is 11.3 Å². The molecule has 0 N–H and O–H groups in total. The summed E-state index contributed by atoms with van der Waals surface area (Å²) >= 11 is 1.62. The molecule has 0 radical (unpaired) electrons. The molecule has 0 bridgehead atoms. The molecule has 5 rings (SSSR count). The Morgan fingerprint density at radius 3 is 2.52 bits per heavy atom. The molecule has 2 saturated heterocycles. The van der Waals surface area contributed by atoms with E-state index in [4.69, 9.17) is 4.74 Å². The third-order valence-electron chi connectivity index (χ3n) is 5.64. The highest BCUT2D eigenvalue weighted by Gasteiger charge is 2.22. The standard InChI is InChI=1S/C20H25N7OS/c1-28-13-18-23-24-20(29-18)27-10-8-25(9-11-27)15-4-5-17-16(12-15)19(22-14-21-17)26-6-2-3-7-26/h4-5,12,14H,2-3,6-11,13H2,1H3. The van der Waals surface area contributed by atoms with Gasteiger partial charge in [-0.15, -0.1) is 10.2 Å². The maximum Gasteiger partial charge on any atom is 0.208 e. The second kappa shape index (κ2) is 8.08. The van der Waals surface area contributed by atoms with Crippen molar-refractivity contribution < 1.29 is 4.74 Å². The van der Waals surface area contributed by atoms with E-state index in [0.717, 1.165) is 66.1 Å². The van der Waals surface area contributed by atoms with E-state index in [1.165, 1.54) is 18.5 Å². The Balaban J connectivity index is 1.33. The van der Waals surface area contributed by atoms with Gasteiger partial charge in [0.05, 0.1) is 5.52 Å². The zero-order valence-corrected chi connectivity index (χ0v) is 17.4. The predicted octanol–water partition coefficient (Wildman–Crippen LogP) is 2.55. The van der Waals surface area contributed by atoms with E-state index in [2.05, 4.69) is 53.1 Å². The van der Waals surface area contributed by atoms with Crippen LogP contribution < -0.4 is 14.7 Å². The summed E-state index contributed by atoms with van der Waals surface area (Å²) in [7, 11) is 1.68. The van der Waals surface area contributed by atoms with E-state index in [1.807, 2.05) is 0 Å². The van der Waals surface area contributed by atoms with Gasteiger partial charge in [-0.2, -0.15) is 0 Å². The Morgan fingerprint density at radius 1 is 0.931 bits per heavy atom. The molecule has 0 unspecified atom stereocenters. The number of benzene rings is 1. The molecule has 0 spiro atoms. The summed E-state index contributed by atoms with van der Waals surface area (Å²) in [6.07, 6.45) is 4.17. The lowest BCUT2D eigenvalue weighted by Gasteiger charge is -2.36. The number of nitrogens with zero attached hydrogens (tertiary/aromatic N) is 7. The number of piperazine rings is 1. The summed E-state index contributed by atoms with van der Waals surface area (Å²) in [4.78, 5) is 16.2. The summed E-state index contributed by atoms with van der Waals surface area (Å²) in [5.74, 6) is 1.08. The van der Waals surface area contributed by atoms with Crippen LogP contribution in [0.2, 0.25) is 0 Å². The fourth-order valence-corrected chi connectivity index (χ4v) is 4.98. The maximum atomic E-state index is 5.15. The number of hydrogen-bond donors (Lipinski definition) is 0. The van der Waals surface area contributed by atoms with Crippen molar-refractivity contribution in [3.8, 4) is 0 Å². The first-order valence-electron chi connectivity index (χ1n) is 10.1. The highest BCUT2D eigenvalue weighted by Crippen LogP contribution is 2.30. The fraction of sp³-hybridized carbons (Fsp3) is 0.500. The molecule has 0 amide bonds. The van der Waals surface area contributed by atoms with Crippen LogP contribution in [0.25, 0.3) is 10.9 Å². The molecule has 0 aliphatic carbocycles. The first-order chi connectivity index (χ1) is 14.3. The van der Waals surface area contributed by atoms with Crippen LogP contribution in [-0.2, 0) is 11.3 Å². The van der Waals surface area contributed by atoms with Gasteiger partial charge in [-0.25, -0.2) is 9.97 Å². The second-order valence-corrected chi connectivity index (χ2v) is 8.52. The highest BCUT2D eigenvalue weighted by molar-refractivity contribution is 7.15. The van der Waals surface area contributed by atoms with Crippen molar-refractivity contribution in [1.29, 1.82) is 0 Å². The van der Waals surface area contributed by atoms with Crippen LogP contribution in [-0.4, -0.2) is 66.5 Å². The minimum Gasteiger partial charge on any atom is -0.377 e. The molecule has 9 heteroatoms. The van der Waals surface area contributed by atoms with Gasteiger partial charge >= 0.3 is 0 Å². The van der Waals surface area contributed by atoms with Gasteiger partial charge in [0.25, 0.3) is 0 Å². The number of hydrogen-bond acceptors (Lipinski definition) is 9. The third-order valence-corrected chi connectivity index (χ3v) is 6.60. The SMILES string of the molecule is COCc1nnc(N2CCN(c3ccc4ncnc(N5CCCC5)c4c3)CC2)s1. The number of aromatic nitrogens is 4. The summed E-state index contributed by atoms with van der Waals surface area (Å²) in [5, 5.41) is 11.6. The largest absolute Gasteiger partial charge is 0.377 e. The lowest BCUT2D eigenvalue weighted by atomic mass is 10.1. The average Bonchev–Trinajstić information content (AvgIpc) is 3.46. The summed E-state index contributed by atoms with van der Waals surface area (Å²) in [6, 6.07) is 6.57. The fourth-order valence-electron chi connectivity index (χ4n) is 4.12. The molecule has 2 fully saturated rings. The Bertz CT molecular complexity index is 980. The van der Waals surface area contributed by atoms with Crippen LogP contribution in [0.5, 0.6) is 0 Å². The Morgan fingerprint density at radius 2 is 1.72 bits per heavy atom. The van der Waals surface area contributed by atoms with Gasteiger partial charge in [0, 0.05) is 57.5 Å². The van der Waals surface area contributed by atoms with Crippen molar-refractivity contribution in [3.05, 3.63) is 29.5 Å². The van der Waals surface area contributed by atoms with Gasteiger partial charge in [0.1, 0.15) is 23.8 Å². The zero-order chi connectivity index (χ0) is 19.6. The summed E-state index contributed by atoms with van der Waals surface area (Å²) in [5.41, 5.74) is 2.26. The molecule has 4 heterocycles. The van der Waals surface area contributed by atoms with Crippen LogP contribution in [0, 0.1) is 0 Å². The normalized spacial score (nSPS) is 17.5. The molecule has 2 aliphatic heterocycles. The van der Waals surface area contributed by atoms with Crippen LogP contribution in [0.1, 0.15) is 17.8 Å². The second-order valence-electron chi connectivity index (χ2n) is 7.48. The maximum absolute atomic E-state index is 5.15. The molecule has 2 aliphatic rings. The molecule has 3 aromatic rings. The number of anilines is 3. The summed E-state index contributed by atoms with van der Waals surface area (Å²) < 4.78 is 5.15. The molecular weight excluding hydrogens is 386 g/mol. The minimum absolute atomic E-state index is 0.524. The lowest BCUT2D eigenvalue weighted by molar-refractivity contribution is 0.184. The number of methoxy groups -OCH3 is 1. The van der Waals surface area contributed by atoms with Crippen LogP contribution >= 0.6 is 11.3 Å². The molecule has 0 saturated carbocycles. The predicted molar refractivity (Wildman–Crippen MR) is 116 cm³/mol. The smallest absolute Gasteiger partial charge is 0.208 e. The minimum atomic E-state index is 0.524. The van der Waals surface area contributed by atoms with Gasteiger partial charge in [-0.05, 0) is 31.0 Å². The van der Waals surface area contributed by atoms with Crippen molar-refractivity contribution >= 4 is 38.9 Å². The molecule has 152 valence electrons. The number of fused-ring (bicyclic) bond motifs is 1.